The van der Waals surface area contributed by atoms with E-state index in [9.17, 15) is 14.4 Å². The molecule has 6 rings (SSSR count). The zero-order valence-electron chi connectivity index (χ0n) is 24.8. The zero-order valence-corrected chi connectivity index (χ0v) is 24.8. The number of rotatable bonds is 10. The van der Waals surface area contributed by atoms with E-state index in [2.05, 4.69) is 15.5 Å². The fourth-order valence-electron chi connectivity index (χ4n) is 5.80. The first-order chi connectivity index (χ1) is 21.4. The summed E-state index contributed by atoms with van der Waals surface area (Å²) in [5.74, 6) is 0.937. The Bertz CT molecular complexity index is 1760. The molecular formula is C34H35N3O7. The number of likely N-dealkylation sites (tertiary alicyclic amines) is 1. The molecule has 0 aliphatic carbocycles. The molecule has 0 radical (unpaired) electrons. The molecule has 2 aliphatic heterocycles. The molecule has 228 valence electrons. The Labute approximate surface area is 254 Å². The van der Waals surface area contributed by atoms with Gasteiger partial charge in [-0.05, 0) is 106 Å². The van der Waals surface area contributed by atoms with Crippen LogP contribution in [-0.4, -0.2) is 56.7 Å². The third-order valence-electron chi connectivity index (χ3n) is 8.15. The van der Waals surface area contributed by atoms with Gasteiger partial charge in [-0.15, -0.1) is 0 Å². The van der Waals surface area contributed by atoms with Gasteiger partial charge in [0.1, 0.15) is 28.6 Å². The van der Waals surface area contributed by atoms with E-state index in [0.717, 1.165) is 38.0 Å². The first-order valence-electron chi connectivity index (χ1n) is 14.9. The van der Waals surface area contributed by atoms with Crippen molar-refractivity contribution in [3.8, 4) is 28.4 Å². The van der Waals surface area contributed by atoms with E-state index < -0.39 is 17.6 Å². The second kappa shape index (κ2) is 12.8. The molecule has 1 unspecified atom stereocenters. The largest absolute Gasteiger partial charge is 0.497 e. The molecule has 1 fully saturated rings. The molecule has 0 saturated carbocycles. The van der Waals surface area contributed by atoms with E-state index >= 15 is 0 Å². The van der Waals surface area contributed by atoms with Gasteiger partial charge >= 0.3 is 5.63 Å². The van der Waals surface area contributed by atoms with Gasteiger partial charge in [0.2, 0.25) is 0 Å². The van der Waals surface area contributed by atoms with Crippen molar-refractivity contribution in [3.63, 3.8) is 0 Å². The SMILES string of the molecule is COc1cccc(-c2cc(C(=O)Nc3cc4ccc5c(c4oc3=O)NC(=O)C(CCCCN3CCCC3)O5)ccc2OC)c1. The minimum Gasteiger partial charge on any atom is -0.497 e. The van der Waals surface area contributed by atoms with E-state index in [1.165, 1.54) is 18.9 Å². The number of carbonyl (C=O) groups is 2. The molecular weight excluding hydrogens is 562 g/mol. The number of hydrogen-bond donors (Lipinski definition) is 2. The number of benzene rings is 3. The molecule has 3 heterocycles. The van der Waals surface area contributed by atoms with Crippen molar-refractivity contribution in [2.45, 2.75) is 38.2 Å². The van der Waals surface area contributed by atoms with Gasteiger partial charge < -0.3 is 34.2 Å². The fourth-order valence-corrected chi connectivity index (χ4v) is 5.80. The maximum Gasteiger partial charge on any atom is 0.360 e. The smallest absolute Gasteiger partial charge is 0.360 e. The molecule has 0 bridgehead atoms. The zero-order chi connectivity index (χ0) is 30.6. The average Bonchev–Trinajstić information content (AvgIpc) is 3.57. The summed E-state index contributed by atoms with van der Waals surface area (Å²) in [6.45, 7) is 3.36. The number of amides is 2. The minimum atomic E-state index is -0.751. The number of hydrogen-bond acceptors (Lipinski definition) is 8. The van der Waals surface area contributed by atoms with Crippen molar-refractivity contribution >= 4 is 34.2 Å². The average molecular weight is 598 g/mol. The lowest BCUT2D eigenvalue weighted by atomic mass is 10.0. The highest BCUT2D eigenvalue weighted by molar-refractivity contribution is 6.08. The molecule has 3 aromatic carbocycles. The second-order valence-corrected chi connectivity index (χ2v) is 11.0. The van der Waals surface area contributed by atoms with E-state index in [0.29, 0.717) is 45.9 Å². The van der Waals surface area contributed by atoms with Crippen molar-refractivity contribution in [1.29, 1.82) is 0 Å². The highest BCUT2D eigenvalue weighted by atomic mass is 16.5. The number of carbonyl (C=O) groups excluding carboxylic acids is 2. The van der Waals surface area contributed by atoms with E-state index in [-0.39, 0.29) is 17.2 Å². The summed E-state index contributed by atoms with van der Waals surface area (Å²) < 4.78 is 22.5. The summed E-state index contributed by atoms with van der Waals surface area (Å²) in [6.07, 6.45) is 4.42. The van der Waals surface area contributed by atoms with Crippen molar-refractivity contribution in [3.05, 3.63) is 76.6 Å². The molecule has 2 aliphatic rings. The highest BCUT2D eigenvalue weighted by Gasteiger charge is 2.30. The molecule has 44 heavy (non-hydrogen) atoms. The van der Waals surface area contributed by atoms with E-state index in [1.54, 1.807) is 44.6 Å². The van der Waals surface area contributed by atoms with Gasteiger partial charge in [0.05, 0.1) is 14.2 Å². The number of unbranched alkanes of at least 4 members (excludes halogenated alkanes) is 1. The Morgan fingerprint density at radius 2 is 1.84 bits per heavy atom. The monoisotopic (exact) mass is 597 g/mol. The lowest BCUT2D eigenvalue weighted by Crippen LogP contribution is -2.37. The van der Waals surface area contributed by atoms with Gasteiger partial charge in [0.25, 0.3) is 11.8 Å². The molecule has 10 heteroatoms. The first kappa shape index (κ1) is 29.3. The van der Waals surface area contributed by atoms with Crippen LogP contribution in [0.2, 0.25) is 0 Å². The van der Waals surface area contributed by atoms with Gasteiger partial charge in [-0.1, -0.05) is 12.1 Å². The predicted octanol–water partition coefficient (Wildman–Crippen LogP) is 5.70. The van der Waals surface area contributed by atoms with Crippen LogP contribution in [-0.2, 0) is 4.79 Å². The van der Waals surface area contributed by atoms with Crippen molar-refractivity contribution in [2.75, 3.05) is 44.5 Å². The lowest BCUT2D eigenvalue weighted by molar-refractivity contribution is -0.123. The summed E-state index contributed by atoms with van der Waals surface area (Å²) in [6, 6.07) is 17.4. The van der Waals surface area contributed by atoms with Gasteiger partial charge in [-0.25, -0.2) is 4.79 Å². The maximum atomic E-state index is 13.3. The Balaban J connectivity index is 1.18. The van der Waals surface area contributed by atoms with Crippen molar-refractivity contribution in [2.24, 2.45) is 0 Å². The van der Waals surface area contributed by atoms with Crippen LogP contribution in [0.4, 0.5) is 11.4 Å². The standard InChI is InChI=1S/C34H35N3O7/c1-41-24-9-7-8-21(18-24)25-19-23(12-13-27(25)42-2)32(38)35-26-20-22-11-14-28-30(31(22)44-34(26)40)36-33(39)29(43-28)10-3-4-15-37-16-5-6-17-37/h7-9,11-14,18-20,29H,3-6,10,15-17H2,1-2H3,(H,35,38)(H,36,39). The maximum absolute atomic E-state index is 13.3. The van der Waals surface area contributed by atoms with Crippen LogP contribution in [0.25, 0.3) is 22.1 Å². The van der Waals surface area contributed by atoms with Crippen molar-refractivity contribution < 1.29 is 28.2 Å². The molecule has 10 nitrogen and oxygen atoms in total. The molecule has 1 saturated heterocycles. The molecule has 4 aromatic rings. The van der Waals surface area contributed by atoms with Gasteiger partial charge in [0, 0.05) is 16.5 Å². The molecule has 0 spiro atoms. The van der Waals surface area contributed by atoms with E-state index in [4.69, 9.17) is 18.6 Å². The molecule has 1 aromatic heterocycles. The number of anilines is 2. The van der Waals surface area contributed by atoms with Crippen LogP contribution in [0.5, 0.6) is 17.2 Å². The Hall–Kier alpha value is -4.83. The number of nitrogens with zero attached hydrogens (tertiary/aromatic N) is 1. The van der Waals surface area contributed by atoms with Crippen LogP contribution in [0, 0.1) is 0 Å². The Morgan fingerprint density at radius 1 is 1.00 bits per heavy atom. The quantitative estimate of drug-likeness (QED) is 0.177. The minimum absolute atomic E-state index is 0.0277. The third-order valence-corrected chi connectivity index (χ3v) is 8.15. The fraction of sp³-hybridized carbons (Fsp3) is 0.324. The lowest BCUT2D eigenvalue weighted by Gasteiger charge is -2.26. The van der Waals surface area contributed by atoms with Crippen LogP contribution in [0.15, 0.2) is 69.9 Å². The highest BCUT2D eigenvalue weighted by Crippen LogP contribution is 2.38. The van der Waals surface area contributed by atoms with Gasteiger partial charge in [-0.3, -0.25) is 9.59 Å². The predicted molar refractivity (Wildman–Crippen MR) is 168 cm³/mol. The summed E-state index contributed by atoms with van der Waals surface area (Å²) in [5, 5.41) is 6.07. The second-order valence-electron chi connectivity index (χ2n) is 11.0. The normalized spacial score (nSPS) is 16.2. The van der Waals surface area contributed by atoms with Gasteiger partial charge in [0.15, 0.2) is 11.7 Å². The molecule has 2 amide bonds. The summed E-state index contributed by atoms with van der Waals surface area (Å²) in [4.78, 5) is 41.6. The van der Waals surface area contributed by atoms with Crippen LogP contribution >= 0.6 is 0 Å². The third kappa shape index (κ3) is 6.12. The van der Waals surface area contributed by atoms with Gasteiger partial charge in [-0.2, -0.15) is 0 Å². The molecule has 2 N–H and O–H groups in total. The van der Waals surface area contributed by atoms with Crippen molar-refractivity contribution in [1.82, 2.24) is 4.90 Å². The first-order valence-corrected chi connectivity index (χ1v) is 14.9. The number of ether oxygens (including phenoxy) is 3. The Kier molecular flexibility index (Phi) is 8.51. The summed E-state index contributed by atoms with van der Waals surface area (Å²) in [7, 11) is 3.14. The van der Waals surface area contributed by atoms with Crippen LogP contribution in [0.3, 0.4) is 0 Å². The van der Waals surface area contributed by atoms with Crippen LogP contribution < -0.4 is 30.5 Å². The summed E-state index contributed by atoms with van der Waals surface area (Å²) >= 11 is 0. The molecule has 1 atom stereocenters. The van der Waals surface area contributed by atoms with Crippen LogP contribution in [0.1, 0.15) is 42.5 Å². The number of nitrogens with one attached hydrogen (secondary N) is 2. The number of fused-ring (bicyclic) bond motifs is 3. The summed E-state index contributed by atoms with van der Waals surface area (Å²) in [5.41, 5.74) is 1.54. The van der Waals surface area contributed by atoms with E-state index in [1.807, 2.05) is 24.3 Å². The number of methoxy groups -OCH3 is 2. The topological polar surface area (TPSA) is 119 Å². The Morgan fingerprint density at radius 3 is 2.64 bits per heavy atom.